The van der Waals surface area contributed by atoms with Crippen molar-refractivity contribution in [2.75, 3.05) is 6.54 Å². The molecule has 1 atom stereocenters. The highest BCUT2D eigenvalue weighted by Gasteiger charge is 2.14. The lowest BCUT2D eigenvalue weighted by Gasteiger charge is -2.13. The van der Waals surface area contributed by atoms with Crippen LogP contribution in [-0.4, -0.2) is 27.8 Å². The Labute approximate surface area is 138 Å². The summed E-state index contributed by atoms with van der Waals surface area (Å²) in [4.78, 5) is 12.4. The fourth-order valence-corrected chi connectivity index (χ4v) is 2.41. The lowest BCUT2D eigenvalue weighted by atomic mass is 10.1. The van der Waals surface area contributed by atoms with E-state index in [2.05, 4.69) is 15.5 Å². The Balaban J connectivity index is 1.74. The second kappa shape index (κ2) is 6.86. The predicted octanol–water partition coefficient (Wildman–Crippen LogP) is 1.96. The molecule has 24 heavy (non-hydrogen) atoms. The molecule has 0 spiro atoms. The molecule has 0 fully saturated rings. The van der Waals surface area contributed by atoms with Gasteiger partial charge >= 0.3 is 0 Å². The fourth-order valence-electron chi connectivity index (χ4n) is 2.41. The summed E-state index contributed by atoms with van der Waals surface area (Å²) < 4.78 is 0. The van der Waals surface area contributed by atoms with E-state index in [1.807, 2.05) is 18.2 Å². The molecule has 1 aromatic heterocycles. The van der Waals surface area contributed by atoms with Crippen molar-refractivity contribution in [1.82, 2.24) is 15.5 Å². The number of nitriles is 1. The fraction of sp³-hybridized carbons (Fsp3) is 0.111. The zero-order valence-corrected chi connectivity index (χ0v) is 12.7. The summed E-state index contributed by atoms with van der Waals surface area (Å²) in [5.74, 6) is -0.336. The van der Waals surface area contributed by atoms with Gasteiger partial charge in [-0.2, -0.15) is 15.5 Å². The van der Waals surface area contributed by atoms with Gasteiger partial charge in [0.25, 0.3) is 5.91 Å². The van der Waals surface area contributed by atoms with Crippen molar-refractivity contribution in [2.24, 2.45) is 0 Å². The van der Waals surface area contributed by atoms with E-state index in [-0.39, 0.29) is 12.5 Å². The minimum Gasteiger partial charge on any atom is -0.387 e. The molecule has 3 aromatic rings. The van der Waals surface area contributed by atoms with Crippen molar-refractivity contribution in [2.45, 2.75) is 6.10 Å². The number of benzene rings is 2. The van der Waals surface area contributed by atoms with E-state index in [4.69, 9.17) is 5.26 Å². The molecule has 6 heteroatoms. The summed E-state index contributed by atoms with van der Waals surface area (Å²) in [5.41, 5.74) is 2.07. The SMILES string of the molecule is N#Cc1cccc(C(O)CNC(=O)c2cnnc3ccccc23)c1. The third-order valence-corrected chi connectivity index (χ3v) is 3.65. The molecule has 0 radical (unpaired) electrons. The summed E-state index contributed by atoms with van der Waals surface area (Å²) in [6, 6.07) is 15.9. The van der Waals surface area contributed by atoms with Crippen molar-refractivity contribution in [1.29, 1.82) is 5.26 Å². The Morgan fingerprint density at radius 1 is 1.25 bits per heavy atom. The van der Waals surface area contributed by atoms with Crippen LogP contribution in [0, 0.1) is 11.3 Å². The van der Waals surface area contributed by atoms with Crippen molar-refractivity contribution >= 4 is 16.8 Å². The number of hydrogen-bond donors (Lipinski definition) is 2. The van der Waals surface area contributed by atoms with Gasteiger partial charge in [-0.25, -0.2) is 0 Å². The summed E-state index contributed by atoms with van der Waals surface area (Å²) in [6.07, 6.45) is 0.503. The second-order valence-electron chi connectivity index (χ2n) is 5.24. The molecule has 2 aromatic carbocycles. The lowest BCUT2D eigenvalue weighted by Crippen LogP contribution is -2.28. The molecule has 6 nitrogen and oxygen atoms in total. The zero-order chi connectivity index (χ0) is 16.9. The maximum Gasteiger partial charge on any atom is 0.253 e. The van der Waals surface area contributed by atoms with Crippen LogP contribution in [0.5, 0.6) is 0 Å². The summed E-state index contributed by atoms with van der Waals surface area (Å²) >= 11 is 0. The number of nitrogens with zero attached hydrogens (tertiary/aromatic N) is 3. The molecular formula is C18H14N4O2. The van der Waals surface area contributed by atoms with Gasteiger partial charge in [0.1, 0.15) is 0 Å². The van der Waals surface area contributed by atoms with Gasteiger partial charge in [-0.3, -0.25) is 4.79 Å². The summed E-state index contributed by atoms with van der Waals surface area (Å²) in [6.45, 7) is 0.0321. The van der Waals surface area contributed by atoms with Gasteiger partial charge in [0.2, 0.25) is 0 Å². The molecule has 3 rings (SSSR count). The smallest absolute Gasteiger partial charge is 0.253 e. The Bertz CT molecular complexity index is 928. The number of aromatic nitrogens is 2. The highest BCUT2D eigenvalue weighted by atomic mass is 16.3. The first-order chi connectivity index (χ1) is 11.7. The molecule has 1 amide bonds. The summed E-state index contributed by atoms with van der Waals surface area (Å²) in [5, 5.41) is 30.3. The highest BCUT2D eigenvalue weighted by Crippen LogP contribution is 2.16. The number of fused-ring (bicyclic) bond motifs is 1. The van der Waals surface area contributed by atoms with Crippen LogP contribution in [0.25, 0.3) is 10.9 Å². The normalized spacial score (nSPS) is 11.7. The van der Waals surface area contributed by atoms with E-state index in [9.17, 15) is 9.90 Å². The first kappa shape index (κ1) is 15.6. The molecular weight excluding hydrogens is 304 g/mol. The maximum atomic E-state index is 12.4. The minimum atomic E-state index is -0.900. The molecule has 0 aliphatic carbocycles. The van der Waals surface area contributed by atoms with Crippen molar-refractivity contribution in [3.05, 3.63) is 71.4 Å². The van der Waals surface area contributed by atoms with Gasteiger partial charge in [0, 0.05) is 11.9 Å². The summed E-state index contributed by atoms with van der Waals surface area (Å²) in [7, 11) is 0. The van der Waals surface area contributed by atoms with Crippen LogP contribution < -0.4 is 5.32 Å². The number of rotatable bonds is 4. The van der Waals surface area contributed by atoms with E-state index in [0.717, 1.165) is 0 Å². The number of aliphatic hydroxyl groups is 1. The number of nitrogens with one attached hydrogen (secondary N) is 1. The molecule has 2 N–H and O–H groups in total. The van der Waals surface area contributed by atoms with Crippen LogP contribution in [0.15, 0.2) is 54.7 Å². The van der Waals surface area contributed by atoms with E-state index >= 15 is 0 Å². The first-order valence-corrected chi connectivity index (χ1v) is 7.36. The molecule has 1 heterocycles. The minimum absolute atomic E-state index is 0.0321. The van der Waals surface area contributed by atoms with Crippen LogP contribution in [0.2, 0.25) is 0 Å². The van der Waals surface area contributed by atoms with Gasteiger partial charge < -0.3 is 10.4 Å². The van der Waals surface area contributed by atoms with Gasteiger partial charge in [-0.05, 0) is 23.8 Å². The molecule has 0 bridgehead atoms. The average molecular weight is 318 g/mol. The maximum absolute atomic E-state index is 12.4. The third-order valence-electron chi connectivity index (χ3n) is 3.65. The van der Waals surface area contributed by atoms with Crippen LogP contribution >= 0.6 is 0 Å². The van der Waals surface area contributed by atoms with Crippen LogP contribution in [-0.2, 0) is 0 Å². The quantitative estimate of drug-likeness (QED) is 0.766. The number of carbonyl (C=O) groups excluding carboxylic acids is 1. The van der Waals surface area contributed by atoms with E-state index < -0.39 is 6.10 Å². The van der Waals surface area contributed by atoms with Gasteiger partial charge in [0.15, 0.2) is 0 Å². The predicted molar refractivity (Wildman–Crippen MR) is 88.0 cm³/mol. The largest absolute Gasteiger partial charge is 0.387 e. The highest BCUT2D eigenvalue weighted by molar-refractivity contribution is 6.05. The standard InChI is InChI=1S/C18H14N4O2/c19-9-12-4-3-5-13(8-12)17(23)11-20-18(24)15-10-21-22-16-7-2-1-6-14(15)16/h1-8,10,17,23H,11H2,(H,20,24). The monoisotopic (exact) mass is 318 g/mol. The molecule has 0 aliphatic rings. The van der Waals surface area contributed by atoms with Gasteiger partial charge in [-0.15, -0.1) is 0 Å². The van der Waals surface area contributed by atoms with Gasteiger partial charge in [0.05, 0.1) is 35.0 Å². The molecule has 0 saturated heterocycles. The van der Waals surface area contributed by atoms with Crippen LogP contribution in [0.3, 0.4) is 0 Å². The third kappa shape index (κ3) is 3.21. The Kier molecular flexibility index (Phi) is 4.45. The topological polar surface area (TPSA) is 98.9 Å². The lowest BCUT2D eigenvalue weighted by molar-refractivity contribution is 0.0917. The number of aliphatic hydroxyl groups excluding tert-OH is 1. The second-order valence-corrected chi connectivity index (χ2v) is 5.24. The van der Waals surface area contributed by atoms with Crippen LogP contribution in [0.4, 0.5) is 0 Å². The van der Waals surface area contributed by atoms with Crippen molar-refractivity contribution in [3.63, 3.8) is 0 Å². The average Bonchev–Trinajstić information content (AvgIpc) is 2.65. The molecule has 1 unspecified atom stereocenters. The molecule has 0 saturated carbocycles. The number of hydrogen-bond acceptors (Lipinski definition) is 5. The zero-order valence-electron chi connectivity index (χ0n) is 12.7. The Morgan fingerprint density at radius 3 is 2.92 bits per heavy atom. The van der Waals surface area contributed by atoms with E-state index in [1.54, 1.807) is 36.4 Å². The van der Waals surface area contributed by atoms with Crippen LogP contribution in [0.1, 0.15) is 27.6 Å². The van der Waals surface area contributed by atoms with E-state index in [1.165, 1.54) is 6.20 Å². The van der Waals surface area contributed by atoms with E-state index in [0.29, 0.717) is 27.6 Å². The molecule has 118 valence electrons. The van der Waals surface area contributed by atoms with Crippen molar-refractivity contribution < 1.29 is 9.90 Å². The Morgan fingerprint density at radius 2 is 2.08 bits per heavy atom. The Hall–Kier alpha value is -3.30. The molecule has 0 aliphatic heterocycles. The number of amides is 1. The number of carbonyl (C=O) groups is 1. The van der Waals surface area contributed by atoms with Gasteiger partial charge in [-0.1, -0.05) is 30.3 Å². The van der Waals surface area contributed by atoms with Crippen molar-refractivity contribution in [3.8, 4) is 6.07 Å². The first-order valence-electron chi connectivity index (χ1n) is 7.36.